The van der Waals surface area contributed by atoms with Crippen LogP contribution >= 0.6 is 0 Å². The highest BCUT2D eigenvalue weighted by Gasteiger charge is 2.20. The summed E-state index contributed by atoms with van der Waals surface area (Å²) in [5, 5.41) is 27.0. The summed E-state index contributed by atoms with van der Waals surface area (Å²) in [4.78, 5) is 25.6. The third-order valence-electron chi connectivity index (χ3n) is 4.66. The first-order valence-electron chi connectivity index (χ1n) is 9.32. The van der Waals surface area contributed by atoms with Gasteiger partial charge in [0.2, 0.25) is 5.88 Å². The number of H-pyrrole nitrogens is 2. The molecule has 10 nitrogen and oxygen atoms in total. The second-order valence-electron chi connectivity index (χ2n) is 7.00. The normalized spacial score (nSPS) is 14.9. The number of rotatable bonds is 4. The Bertz CT molecular complexity index is 1470. The van der Waals surface area contributed by atoms with Crippen LogP contribution in [0.2, 0.25) is 0 Å². The Hall–Kier alpha value is -4.39. The van der Waals surface area contributed by atoms with Gasteiger partial charge in [-0.05, 0) is 43.2 Å². The maximum absolute atomic E-state index is 11.4. The zero-order valence-corrected chi connectivity index (χ0v) is 15.6. The van der Waals surface area contributed by atoms with Crippen LogP contribution in [0.4, 0.5) is 11.5 Å². The van der Waals surface area contributed by atoms with Gasteiger partial charge in [0.05, 0.1) is 23.9 Å². The lowest BCUT2D eigenvalue weighted by Crippen LogP contribution is -2.19. The average molecular weight is 400 g/mol. The van der Waals surface area contributed by atoms with Gasteiger partial charge in [-0.25, -0.2) is 9.78 Å². The van der Waals surface area contributed by atoms with Crippen molar-refractivity contribution in [2.75, 3.05) is 5.32 Å². The molecule has 4 aromatic rings. The van der Waals surface area contributed by atoms with Gasteiger partial charge in [0.15, 0.2) is 11.1 Å². The number of aromatic hydroxyl groups is 1. The third-order valence-corrected chi connectivity index (χ3v) is 4.66. The molecule has 1 aromatic carbocycles. The fourth-order valence-corrected chi connectivity index (χ4v) is 3.04. The SMILES string of the molecule is N#Cc1ccc(Nc2cc(=NC3CC3)n3nc/c(=C\c4[nH]c(=O)[nH]c4O)c3n2)cc1. The molecule has 5 rings (SSSR count). The number of nitriles is 1. The molecule has 10 heteroatoms. The number of nitrogens with one attached hydrogen (secondary N) is 3. The first-order valence-corrected chi connectivity index (χ1v) is 9.32. The van der Waals surface area contributed by atoms with Crippen molar-refractivity contribution < 1.29 is 5.11 Å². The first kappa shape index (κ1) is 17.7. The molecule has 3 heterocycles. The van der Waals surface area contributed by atoms with Gasteiger partial charge in [-0.3, -0.25) is 9.98 Å². The Labute approximate surface area is 168 Å². The number of fused-ring (bicyclic) bond motifs is 1. The summed E-state index contributed by atoms with van der Waals surface area (Å²) in [6, 6.07) is 11.2. The number of hydrogen-bond acceptors (Lipinski definition) is 7. The summed E-state index contributed by atoms with van der Waals surface area (Å²) >= 11 is 0. The average Bonchev–Trinajstić information content (AvgIpc) is 3.37. The van der Waals surface area contributed by atoms with Crippen LogP contribution in [0.3, 0.4) is 0 Å². The Morgan fingerprint density at radius 1 is 1.30 bits per heavy atom. The zero-order valence-electron chi connectivity index (χ0n) is 15.6. The van der Waals surface area contributed by atoms with Gasteiger partial charge in [0.25, 0.3) is 0 Å². The lowest BCUT2D eigenvalue weighted by molar-refractivity contribution is 0.454. The largest absolute Gasteiger partial charge is 0.493 e. The van der Waals surface area contributed by atoms with E-state index in [-0.39, 0.29) is 17.6 Å². The minimum Gasteiger partial charge on any atom is -0.493 e. The van der Waals surface area contributed by atoms with Gasteiger partial charge in [0, 0.05) is 17.0 Å². The van der Waals surface area contributed by atoms with E-state index in [0.29, 0.717) is 27.7 Å². The van der Waals surface area contributed by atoms with E-state index in [0.717, 1.165) is 18.5 Å². The fraction of sp³-hybridized carbons (Fsp3) is 0.150. The molecule has 0 spiro atoms. The summed E-state index contributed by atoms with van der Waals surface area (Å²) in [6.07, 6.45) is 5.28. The van der Waals surface area contributed by atoms with Crippen molar-refractivity contribution in [1.29, 1.82) is 5.26 Å². The Kier molecular flexibility index (Phi) is 4.07. The zero-order chi connectivity index (χ0) is 20.7. The summed E-state index contributed by atoms with van der Waals surface area (Å²) in [7, 11) is 0. The summed E-state index contributed by atoms with van der Waals surface area (Å²) in [6.45, 7) is 0. The van der Waals surface area contributed by atoms with Crippen LogP contribution in [0.1, 0.15) is 24.1 Å². The van der Waals surface area contributed by atoms with Crippen molar-refractivity contribution >= 4 is 23.2 Å². The molecular weight excluding hydrogens is 384 g/mol. The molecule has 1 aliphatic rings. The van der Waals surface area contributed by atoms with Crippen LogP contribution in [-0.2, 0) is 0 Å². The van der Waals surface area contributed by atoms with E-state index in [4.69, 9.17) is 10.3 Å². The molecule has 3 aromatic heterocycles. The second-order valence-corrected chi connectivity index (χ2v) is 7.00. The molecule has 0 saturated heterocycles. The summed E-state index contributed by atoms with van der Waals surface area (Å²) < 4.78 is 1.63. The standard InChI is InChI=1S/C20H16N8O2/c21-9-11-1-3-13(4-2-11)23-16-8-17(24-14-5-6-14)28-18(26-16)12(10-22-28)7-15-19(29)27-20(30)25-15/h1-4,7-8,10,14,23,29H,5-6H2,(H2,25,27,30)/b12-7+,24-17?. The van der Waals surface area contributed by atoms with Gasteiger partial charge in [-0.2, -0.15) is 14.9 Å². The molecule has 0 amide bonds. The number of anilines is 2. The van der Waals surface area contributed by atoms with Gasteiger partial charge in [-0.15, -0.1) is 0 Å². The molecule has 1 aliphatic carbocycles. The van der Waals surface area contributed by atoms with Crippen LogP contribution in [-0.4, -0.2) is 35.7 Å². The molecule has 1 saturated carbocycles. The van der Waals surface area contributed by atoms with Crippen molar-refractivity contribution in [3.8, 4) is 11.9 Å². The van der Waals surface area contributed by atoms with Gasteiger partial charge in [-0.1, -0.05) is 0 Å². The molecular formula is C20H16N8O2. The predicted molar refractivity (Wildman–Crippen MR) is 108 cm³/mol. The maximum Gasteiger partial charge on any atom is 0.326 e. The molecule has 0 unspecified atom stereocenters. The highest BCUT2D eigenvalue weighted by Crippen LogP contribution is 2.22. The number of aromatic amines is 2. The molecule has 0 radical (unpaired) electrons. The van der Waals surface area contributed by atoms with E-state index in [1.54, 1.807) is 41.1 Å². The fourth-order valence-electron chi connectivity index (χ4n) is 3.04. The van der Waals surface area contributed by atoms with E-state index in [1.807, 2.05) is 6.07 Å². The molecule has 0 atom stereocenters. The minimum atomic E-state index is -0.504. The van der Waals surface area contributed by atoms with Crippen LogP contribution in [0.25, 0.3) is 11.7 Å². The highest BCUT2D eigenvalue weighted by atomic mass is 16.3. The van der Waals surface area contributed by atoms with Gasteiger partial charge in [0.1, 0.15) is 11.5 Å². The van der Waals surface area contributed by atoms with E-state index in [2.05, 4.69) is 31.4 Å². The molecule has 30 heavy (non-hydrogen) atoms. The Morgan fingerprint density at radius 2 is 2.10 bits per heavy atom. The predicted octanol–water partition coefficient (Wildman–Crippen LogP) is 0.677. The number of benzene rings is 1. The van der Waals surface area contributed by atoms with Crippen molar-refractivity contribution in [2.24, 2.45) is 4.99 Å². The lowest BCUT2D eigenvalue weighted by atomic mass is 10.2. The van der Waals surface area contributed by atoms with Gasteiger partial charge < -0.3 is 15.4 Å². The minimum absolute atomic E-state index is 0.239. The number of hydrogen-bond donors (Lipinski definition) is 4. The monoisotopic (exact) mass is 400 g/mol. The Balaban J connectivity index is 1.65. The smallest absolute Gasteiger partial charge is 0.326 e. The molecule has 0 aliphatic heterocycles. The lowest BCUT2D eigenvalue weighted by Gasteiger charge is -2.06. The number of aromatic nitrogens is 5. The van der Waals surface area contributed by atoms with Gasteiger partial charge >= 0.3 is 5.69 Å². The third kappa shape index (κ3) is 3.40. The number of imidazole rings is 1. The van der Waals surface area contributed by atoms with Crippen molar-refractivity contribution in [1.82, 2.24) is 24.6 Å². The summed E-state index contributed by atoms with van der Waals surface area (Å²) in [5.41, 5.74) is 2.26. The quantitative estimate of drug-likeness (QED) is 0.396. The molecule has 0 bridgehead atoms. The van der Waals surface area contributed by atoms with E-state index in [9.17, 15) is 9.90 Å². The maximum atomic E-state index is 11.4. The Morgan fingerprint density at radius 3 is 2.77 bits per heavy atom. The van der Waals surface area contributed by atoms with Crippen molar-refractivity contribution in [3.63, 3.8) is 0 Å². The van der Waals surface area contributed by atoms with Crippen molar-refractivity contribution in [3.05, 3.63) is 69.0 Å². The first-order chi connectivity index (χ1) is 14.6. The second kappa shape index (κ2) is 6.89. The molecule has 1 fully saturated rings. The van der Waals surface area contributed by atoms with Crippen LogP contribution in [0.15, 0.2) is 46.3 Å². The van der Waals surface area contributed by atoms with Crippen molar-refractivity contribution in [2.45, 2.75) is 18.9 Å². The summed E-state index contributed by atoms with van der Waals surface area (Å²) in [5.74, 6) is 0.308. The van der Waals surface area contributed by atoms with E-state index in [1.165, 1.54) is 0 Å². The molecule has 148 valence electrons. The van der Waals surface area contributed by atoms with Crippen LogP contribution < -0.4 is 21.7 Å². The number of nitrogens with zero attached hydrogens (tertiary/aromatic N) is 5. The topological polar surface area (TPSA) is 147 Å². The van der Waals surface area contributed by atoms with Crippen LogP contribution in [0.5, 0.6) is 5.88 Å². The highest BCUT2D eigenvalue weighted by molar-refractivity contribution is 5.61. The van der Waals surface area contributed by atoms with E-state index >= 15 is 0 Å². The molecule has 4 N–H and O–H groups in total. The van der Waals surface area contributed by atoms with Crippen LogP contribution in [0, 0.1) is 11.3 Å². The van der Waals surface area contributed by atoms with E-state index < -0.39 is 5.69 Å².